The highest BCUT2D eigenvalue weighted by Gasteiger charge is 2.57. The molecule has 0 saturated carbocycles. The Balaban J connectivity index is 0.000000298. The summed E-state index contributed by atoms with van der Waals surface area (Å²) in [5.74, 6) is -0.557. The lowest BCUT2D eigenvalue weighted by molar-refractivity contribution is -0.154. The van der Waals surface area contributed by atoms with E-state index >= 15 is 0 Å². The number of aliphatic hydroxyl groups is 2. The van der Waals surface area contributed by atoms with Crippen LogP contribution in [0.1, 0.15) is 36.0 Å². The highest BCUT2D eigenvalue weighted by molar-refractivity contribution is 6.86. The predicted molar refractivity (Wildman–Crippen MR) is 236 cm³/mol. The molecule has 19 nitrogen and oxygen atoms in total. The van der Waals surface area contributed by atoms with Crippen LogP contribution in [0, 0.1) is 0 Å². The van der Waals surface area contributed by atoms with Crippen molar-refractivity contribution in [1.82, 2.24) is 19.1 Å². The van der Waals surface area contributed by atoms with E-state index in [2.05, 4.69) is 73.5 Å². The van der Waals surface area contributed by atoms with E-state index in [1.165, 1.54) is 44.2 Å². The number of aromatic nitrogens is 4. The van der Waals surface area contributed by atoms with Gasteiger partial charge in [0.2, 0.25) is 0 Å². The zero-order valence-corrected chi connectivity index (χ0v) is 39.8. The number of ether oxygens (including phenoxy) is 5. The van der Waals surface area contributed by atoms with E-state index in [1.54, 1.807) is 0 Å². The van der Waals surface area contributed by atoms with Gasteiger partial charge in [0.05, 0.1) is 18.8 Å². The second-order valence-corrected chi connectivity index (χ2v) is 29.1. The SMILES string of the molecule is COC1[C@@H](O)[C@@H](CO[Si](O[Si](C)(C)C)(O[Si](C)(C)C)C(c2ccccc2)c2ccccc2)O[C@H]1n1ccc(=O)[nH]c1=O.COC1[C@@H](OC(C)=O)[C@@H](CO)O[C@H]1n1ccc(=O)[nH]c1=O. The molecule has 2 saturated heterocycles. The van der Waals surface area contributed by atoms with Crippen molar-refractivity contribution in [1.29, 1.82) is 0 Å². The van der Waals surface area contributed by atoms with Crippen LogP contribution in [0.4, 0.5) is 0 Å². The molecule has 0 spiro atoms. The third-order valence-electron chi connectivity index (χ3n) is 9.84. The molecular weight excluding hydrogens is 873 g/mol. The average Bonchev–Trinajstić information content (AvgIpc) is 3.71. The van der Waals surface area contributed by atoms with Gasteiger partial charge in [0.25, 0.3) is 11.1 Å². The number of esters is 1. The van der Waals surface area contributed by atoms with Gasteiger partial charge in [-0.3, -0.25) is 33.5 Å². The van der Waals surface area contributed by atoms with E-state index in [0.29, 0.717) is 0 Å². The van der Waals surface area contributed by atoms with Gasteiger partial charge in [0, 0.05) is 45.7 Å². The summed E-state index contributed by atoms with van der Waals surface area (Å²) >= 11 is 0. The number of aliphatic hydroxyl groups excluding tert-OH is 2. The molecule has 2 aromatic heterocycles. The summed E-state index contributed by atoms with van der Waals surface area (Å²) in [6, 6.07) is 22.5. The van der Waals surface area contributed by atoms with Crippen LogP contribution in [-0.2, 0) is 41.1 Å². The highest BCUT2D eigenvalue weighted by Crippen LogP contribution is 2.41. The van der Waals surface area contributed by atoms with Crippen molar-refractivity contribution in [2.75, 3.05) is 27.4 Å². The first-order chi connectivity index (χ1) is 29.7. The molecule has 2 unspecified atom stereocenters. The summed E-state index contributed by atoms with van der Waals surface area (Å²) in [5.41, 5.74) is -0.746. The van der Waals surface area contributed by atoms with E-state index in [0.717, 1.165) is 21.8 Å². The summed E-state index contributed by atoms with van der Waals surface area (Å²) in [4.78, 5) is 62.6. The number of hydrogen-bond acceptors (Lipinski definition) is 15. The molecule has 22 heteroatoms. The molecule has 2 fully saturated rings. The van der Waals surface area contributed by atoms with Crippen LogP contribution < -0.4 is 22.5 Å². The number of H-pyrrole nitrogens is 2. The maximum atomic E-state index is 12.6. The third-order valence-corrected chi connectivity index (χ3v) is 19.0. The lowest BCUT2D eigenvalue weighted by Gasteiger charge is -2.44. The fraction of sp³-hybridized carbons (Fsp3) is 0.488. The predicted octanol–water partition coefficient (Wildman–Crippen LogP) is 2.21. The zero-order valence-electron chi connectivity index (χ0n) is 36.8. The van der Waals surface area contributed by atoms with Crippen molar-refractivity contribution >= 4 is 31.4 Å². The topological polar surface area (TPSA) is 241 Å². The minimum atomic E-state index is -3.65. The molecule has 2 aromatic carbocycles. The van der Waals surface area contributed by atoms with E-state index in [9.17, 15) is 34.2 Å². The highest BCUT2D eigenvalue weighted by atomic mass is 28.5. The fourth-order valence-corrected chi connectivity index (χ4v) is 18.0. The van der Waals surface area contributed by atoms with Gasteiger partial charge in [-0.2, -0.15) is 0 Å². The van der Waals surface area contributed by atoms with Gasteiger partial charge in [-0.25, -0.2) is 9.59 Å². The van der Waals surface area contributed by atoms with E-state index < -0.39 is 110 Å². The molecule has 4 aromatic rings. The normalized spacial score (nSPS) is 23.9. The van der Waals surface area contributed by atoms with Gasteiger partial charge >= 0.3 is 26.2 Å². The van der Waals surface area contributed by atoms with Crippen molar-refractivity contribution in [3.63, 3.8) is 0 Å². The quantitative estimate of drug-likeness (QED) is 0.0931. The van der Waals surface area contributed by atoms with Gasteiger partial charge < -0.3 is 46.6 Å². The molecule has 6 rings (SSSR count). The van der Waals surface area contributed by atoms with Crippen LogP contribution >= 0.6 is 0 Å². The maximum Gasteiger partial charge on any atom is 0.492 e. The second kappa shape index (κ2) is 21.0. The largest absolute Gasteiger partial charge is 0.492 e. The Bertz CT molecular complexity index is 2290. The van der Waals surface area contributed by atoms with Crippen LogP contribution in [0.3, 0.4) is 0 Å². The van der Waals surface area contributed by atoms with Gasteiger partial charge in [0.15, 0.2) is 35.2 Å². The molecular formula is C41H58N4O15Si3. The molecule has 0 aliphatic carbocycles. The summed E-state index contributed by atoms with van der Waals surface area (Å²) in [6.45, 7) is 13.4. The van der Waals surface area contributed by atoms with Crippen molar-refractivity contribution in [3.05, 3.63) is 138 Å². The standard InChI is InChI=1S/C29H42N2O8Si3.C12H16N2O7/c1-35-26-25(33)23(37-28(26)31-19-18-24(32)30-29(31)34)20-36-42(38-40(2,3)4,39-41(5,6)7)27(21-14-10-8-11-15-21)22-16-12-9-13-17-22;1-6(16)20-9-7(5-15)21-11(10(9)19-2)14-4-3-8(17)13-12(14)18/h8-19,23,25-28,33H,20H2,1-7H3,(H,30,32,34);3-4,7,9-11,15H,5H2,1-2H3,(H,13,17,18)/t23-,25+,26?,28-;7-,9+,10?,11-/m11/s1. The number of aromatic amines is 2. The number of methoxy groups -OCH3 is 2. The smallest absolute Gasteiger partial charge is 0.457 e. The Labute approximate surface area is 367 Å². The summed E-state index contributed by atoms with van der Waals surface area (Å²) in [7, 11) is -5.42. The van der Waals surface area contributed by atoms with Crippen molar-refractivity contribution in [3.8, 4) is 0 Å². The van der Waals surface area contributed by atoms with Crippen LogP contribution in [0.25, 0.3) is 0 Å². The molecule has 2 aliphatic heterocycles. The summed E-state index contributed by atoms with van der Waals surface area (Å²) in [5, 5.41) is 20.6. The number of nitrogens with one attached hydrogen (secondary N) is 2. The van der Waals surface area contributed by atoms with E-state index in [4.69, 9.17) is 36.3 Å². The molecule has 63 heavy (non-hydrogen) atoms. The number of benzene rings is 2. The van der Waals surface area contributed by atoms with Crippen molar-refractivity contribution in [2.45, 2.75) is 101 Å². The first kappa shape index (κ1) is 49.6. The Hall–Kier alpha value is -4.44. The minimum absolute atomic E-state index is 0.0625. The summed E-state index contributed by atoms with van der Waals surface area (Å²) < 4.78 is 51.0. The third kappa shape index (κ3) is 12.4. The molecule has 2 aliphatic rings. The molecule has 344 valence electrons. The zero-order chi connectivity index (χ0) is 46.3. The van der Waals surface area contributed by atoms with Gasteiger partial charge in [0.1, 0.15) is 30.5 Å². The van der Waals surface area contributed by atoms with E-state index in [1.807, 2.05) is 36.4 Å². The average molecular weight is 931 g/mol. The maximum absolute atomic E-state index is 12.6. The number of carbonyl (C=O) groups excluding carboxylic acids is 1. The van der Waals surface area contributed by atoms with Gasteiger partial charge in [-0.05, 0) is 50.4 Å². The van der Waals surface area contributed by atoms with Gasteiger partial charge in [-0.1, -0.05) is 60.7 Å². The van der Waals surface area contributed by atoms with Crippen molar-refractivity contribution < 1.29 is 51.3 Å². The van der Waals surface area contributed by atoms with E-state index in [-0.39, 0.29) is 12.1 Å². The molecule has 0 amide bonds. The fourth-order valence-electron chi connectivity index (χ4n) is 7.48. The number of carbonyl (C=O) groups is 1. The molecule has 4 N–H and O–H groups in total. The Morgan fingerprint density at radius 2 is 1.14 bits per heavy atom. The van der Waals surface area contributed by atoms with Crippen LogP contribution in [0.5, 0.6) is 0 Å². The molecule has 0 radical (unpaired) electrons. The van der Waals surface area contributed by atoms with Crippen molar-refractivity contribution in [2.24, 2.45) is 0 Å². The first-order valence-electron chi connectivity index (χ1n) is 20.3. The van der Waals surface area contributed by atoms with Crippen LogP contribution in [-0.4, -0.2) is 125 Å². The monoisotopic (exact) mass is 930 g/mol. The number of nitrogens with zero attached hydrogens (tertiary/aromatic N) is 2. The number of hydrogen-bond donors (Lipinski definition) is 4. The lowest BCUT2D eigenvalue weighted by atomic mass is 10.0. The first-order valence-corrected chi connectivity index (χ1v) is 28.9. The Morgan fingerprint density at radius 1 is 0.698 bits per heavy atom. The van der Waals surface area contributed by atoms with Crippen LogP contribution in [0.15, 0.2) is 104 Å². The molecule has 4 heterocycles. The minimum Gasteiger partial charge on any atom is -0.457 e. The summed E-state index contributed by atoms with van der Waals surface area (Å²) in [6.07, 6.45) is -4.69. The molecule has 0 bridgehead atoms. The number of rotatable bonds is 16. The second-order valence-electron chi connectivity index (χ2n) is 16.9. The Morgan fingerprint density at radius 3 is 1.54 bits per heavy atom. The van der Waals surface area contributed by atoms with Gasteiger partial charge in [-0.15, -0.1) is 0 Å². The molecule has 8 atom stereocenters. The lowest BCUT2D eigenvalue weighted by Crippen LogP contribution is -2.62. The Kier molecular flexibility index (Phi) is 16.6. The van der Waals surface area contributed by atoms with Crippen LogP contribution in [0.2, 0.25) is 39.3 Å².